The number of nitro benzene ring substituents is 1. The van der Waals surface area contributed by atoms with Crippen LogP contribution in [0.25, 0.3) is 0 Å². The number of nitrogens with zero attached hydrogens (tertiary/aromatic N) is 3. The Morgan fingerprint density at radius 3 is 2.63 bits per heavy atom. The third-order valence-corrected chi connectivity index (χ3v) is 5.48. The summed E-state index contributed by atoms with van der Waals surface area (Å²) in [5.74, 6) is -3.07. The van der Waals surface area contributed by atoms with E-state index in [1.807, 2.05) is 0 Å². The van der Waals surface area contributed by atoms with Crippen LogP contribution in [0.15, 0.2) is 46.8 Å². The number of anilines is 2. The Morgan fingerprint density at radius 1 is 1.13 bits per heavy atom. The van der Waals surface area contributed by atoms with Gasteiger partial charge in [0.15, 0.2) is 4.34 Å². The van der Waals surface area contributed by atoms with E-state index in [2.05, 4.69) is 20.8 Å². The molecule has 0 unspecified atom stereocenters. The fourth-order valence-corrected chi connectivity index (χ4v) is 3.76. The molecule has 30 heavy (non-hydrogen) atoms. The second-order valence-corrected chi connectivity index (χ2v) is 7.76. The van der Waals surface area contributed by atoms with Crippen molar-refractivity contribution in [2.45, 2.75) is 4.34 Å². The highest BCUT2D eigenvalue weighted by Gasteiger charge is 2.20. The van der Waals surface area contributed by atoms with E-state index >= 15 is 0 Å². The Morgan fingerprint density at radius 2 is 1.90 bits per heavy atom. The fourth-order valence-electron chi connectivity index (χ4n) is 2.21. The summed E-state index contributed by atoms with van der Waals surface area (Å²) in [6.07, 6.45) is 0. The second-order valence-electron chi connectivity index (χ2n) is 5.56. The first-order valence-corrected chi connectivity index (χ1v) is 9.89. The molecule has 3 aromatic rings. The Bertz CT molecular complexity index is 1130. The molecule has 0 saturated heterocycles. The van der Waals surface area contributed by atoms with Crippen molar-refractivity contribution in [3.05, 3.63) is 69.8 Å². The van der Waals surface area contributed by atoms with Crippen LogP contribution < -0.4 is 10.6 Å². The SMILES string of the molecule is O=C(CSc1nnc(NC(=O)c2ccccc2[N+](=O)[O-])s1)Nc1ccc(F)cc1F. The third kappa shape index (κ3) is 5.33. The van der Waals surface area contributed by atoms with Crippen molar-refractivity contribution in [2.75, 3.05) is 16.4 Å². The van der Waals surface area contributed by atoms with E-state index in [4.69, 9.17) is 0 Å². The van der Waals surface area contributed by atoms with Crippen LogP contribution in [0.1, 0.15) is 10.4 Å². The Balaban J connectivity index is 1.57. The molecule has 0 spiro atoms. The van der Waals surface area contributed by atoms with E-state index in [0.29, 0.717) is 10.4 Å². The van der Waals surface area contributed by atoms with Gasteiger partial charge in [0.05, 0.1) is 16.4 Å². The van der Waals surface area contributed by atoms with Gasteiger partial charge >= 0.3 is 0 Å². The molecule has 0 atom stereocenters. The summed E-state index contributed by atoms with van der Waals surface area (Å²) in [5, 5.41) is 23.4. The highest BCUT2D eigenvalue weighted by molar-refractivity contribution is 8.01. The summed E-state index contributed by atoms with van der Waals surface area (Å²) in [5.41, 5.74) is -0.636. The van der Waals surface area contributed by atoms with E-state index in [9.17, 15) is 28.5 Å². The van der Waals surface area contributed by atoms with E-state index in [-0.39, 0.29) is 27.8 Å². The number of carbonyl (C=O) groups excluding carboxylic acids is 2. The number of benzene rings is 2. The van der Waals surface area contributed by atoms with Crippen LogP contribution in [0.5, 0.6) is 0 Å². The van der Waals surface area contributed by atoms with Crippen molar-refractivity contribution in [1.82, 2.24) is 10.2 Å². The first kappa shape index (κ1) is 21.3. The predicted molar refractivity (Wildman–Crippen MR) is 107 cm³/mol. The van der Waals surface area contributed by atoms with Gasteiger partial charge in [-0.2, -0.15) is 0 Å². The normalized spacial score (nSPS) is 10.5. The van der Waals surface area contributed by atoms with Gasteiger partial charge in [-0.05, 0) is 18.2 Å². The molecule has 154 valence electrons. The molecular weight excluding hydrogens is 440 g/mol. The van der Waals surface area contributed by atoms with Crippen molar-refractivity contribution in [3.63, 3.8) is 0 Å². The summed E-state index contributed by atoms with van der Waals surface area (Å²) >= 11 is 1.94. The number of rotatable bonds is 7. The van der Waals surface area contributed by atoms with E-state index in [1.54, 1.807) is 0 Å². The lowest BCUT2D eigenvalue weighted by Crippen LogP contribution is -2.15. The monoisotopic (exact) mass is 451 g/mol. The van der Waals surface area contributed by atoms with Gasteiger partial charge in [-0.1, -0.05) is 35.2 Å². The molecule has 1 heterocycles. The summed E-state index contributed by atoms with van der Waals surface area (Å²) in [6, 6.07) is 8.22. The first-order chi connectivity index (χ1) is 14.3. The number of para-hydroxylation sites is 1. The number of amides is 2. The van der Waals surface area contributed by atoms with Crippen molar-refractivity contribution in [3.8, 4) is 0 Å². The molecule has 1 aromatic heterocycles. The average molecular weight is 451 g/mol. The zero-order chi connectivity index (χ0) is 21.7. The third-order valence-electron chi connectivity index (χ3n) is 3.50. The van der Waals surface area contributed by atoms with Crippen LogP contribution >= 0.6 is 23.1 Å². The summed E-state index contributed by atoms with van der Waals surface area (Å²) in [6.45, 7) is 0. The topological polar surface area (TPSA) is 127 Å². The fraction of sp³-hybridized carbons (Fsp3) is 0.0588. The minimum atomic E-state index is -0.899. The van der Waals surface area contributed by atoms with Gasteiger partial charge in [-0.15, -0.1) is 10.2 Å². The molecule has 9 nitrogen and oxygen atoms in total. The van der Waals surface area contributed by atoms with Crippen LogP contribution in [0.2, 0.25) is 0 Å². The maximum Gasteiger partial charge on any atom is 0.282 e. The number of hydrogen-bond acceptors (Lipinski definition) is 8. The number of carbonyl (C=O) groups is 2. The van der Waals surface area contributed by atoms with Crippen molar-refractivity contribution in [2.24, 2.45) is 0 Å². The standard InChI is InChI=1S/C17H11F2N5O4S2/c18-9-5-6-12(11(19)7-9)20-14(25)8-29-17-23-22-16(30-17)21-15(26)10-3-1-2-4-13(10)24(27)28/h1-7H,8H2,(H,20,25)(H,21,22,26). The molecule has 0 radical (unpaired) electrons. The summed E-state index contributed by atoms with van der Waals surface area (Å²) < 4.78 is 26.8. The number of halogens is 2. The molecule has 0 bridgehead atoms. The maximum absolute atomic E-state index is 13.6. The lowest BCUT2D eigenvalue weighted by atomic mass is 10.1. The predicted octanol–water partition coefficient (Wildman–Crippen LogP) is 3.71. The minimum Gasteiger partial charge on any atom is -0.323 e. The van der Waals surface area contributed by atoms with Crippen molar-refractivity contribution < 1.29 is 23.3 Å². The molecule has 0 aliphatic rings. The van der Waals surface area contributed by atoms with Crippen molar-refractivity contribution in [1.29, 1.82) is 0 Å². The molecule has 13 heteroatoms. The zero-order valence-electron chi connectivity index (χ0n) is 14.8. The number of hydrogen-bond donors (Lipinski definition) is 2. The van der Waals surface area contributed by atoms with Gasteiger partial charge in [0, 0.05) is 12.1 Å². The van der Waals surface area contributed by atoms with Gasteiger partial charge in [-0.3, -0.25) is 25.0 Å². The minimum absolute atomic E-state index is 0.0886. The van der Waals surface area contributed by atoms with Crippen LogP contribution in [0, 0.1) is 21.7 Å². The second kappa shape index (κ2) is 9.37. The molecule has 0 fully saturated rings. The number of nitro groups is 1. The van der Waals surface area contributed by atoms with Crippen LogP contribution in [-0.4, -0.2) is 32.7 Å². The highest BCUT2D eigenvalue weighted by atomic mass is 32.2. The van der Waals surface area contributed by atoms with E-state index in [0.717, 1.165) is 35.2 Å². The molecule has 0 aliphatic carbocycles. The summed E-state index contributed by atoms with van der Waals surface area (Å²) in [4.78, 5) is 34.5. The quantitative estimate of drug-likeness (QED) is 0.243. The molecule has 0 saturated carbocycles. The smallest absolute Gasteiger partial charge is 0.282 e. The lowest BCUT2D eigenvalue weighted by Gasteiger charge is -2.05. The Labute approximate surface area is 175 Å². The number of nitrogens with one attached hydrogen (secondary N) is 2. The highest BCUT2D eigenvalue weighted by Crippen LogP contribution is 2.27. The van der Waals surface area contributed by atoms with E-state index in [1.165, 1.54) is 24.3 Å². The van der Waals surface area contributed by atoms with Crippen LogP contribution in [0.3, 0.4) is 0 Å². The number of thioether (sulfide) groups is 1. The molecule has 0 aliphatic heterocycles. The first-order valence-electron chi connectivity index (χ1n) is 8.09. The van der Waals surface area contributed by atoms with Gasteiger partial charge in [0.1, 0.15) is 17.2 Å². The molecular formula is C17H11F2N5O4S2. The lowest BCUT2D eigenvalue weighted by molar-refractivity contribution is -0.385. The number of aromatic nitrogens is 2. The molecule has 2 N–H and O–H groups in total. The van der Waals surface area contributed by atoms with Gasteiger partial charge < -0.3 is 5.32 Å². The zero-order valence-corrected chi connectivity index (χ0v) is 16.4. The van der Waals surface area contributed by atoms with Gasteiger partial charge in [0.25, 0.3) is 11.6 Å². The van der Waals surface area contributed by atoms with Crippen LogP contribution in [0.4, 0.5) is 25.3 Å². The average Bonchev–Trinajstić information content (AvgIpc) is 3.16. The van der Waals surface area contributed by atoms with E-state index < -0.39 is 28.4 Å². The van der Waals surface area contributed by atoms with Crippen LogP contribution in [-0.2, 0) is 4.79 Å². The summed E-state index contributed by atoms with van der Waals surface area (Å²) in [7, 11) is 0. The Hall–Kier alpha value is -3.45. The van der Waals surface area contributed by atoms with Gasteiger partial charge in [0.2, 0.25) is 11.0 Å². The maximum atomic E-state index is 13.6. The van der Waals surface area contributed by atoms with Crippen molar-refractivity contribution >= 4 is 51.4 Å². The largest absolute Gasteiger partial charge is 0.323 e. The molecule has 3 rings (SSSR count). The molecule has 2 amide bonds. The van der Waals surface area contributed by atoms with Gasteiger partial charge in [-0.25, -0.2) is 8.78 Å². The molecule has 2 aromatic carbocycles. The Kier molecular flexibility index (Phi) is 6.64.